The van der Waals surface area contributed by atoms with Crippen LogP contribution in [0, 0.1) is 10.1 Å². The minimum Gasteiger partial charge on any atom is -0.465 e. The number of hydrogen-bond donors (Lipinski definition) is 0. The molecule has 0 unspecified atom stereocenters. The fraction of sp³-hybridized carbons (Fsp3) is 0.357. The number of carbonyl (C=O) groups is 1. The summed E-state index contributed by atoms with van der Waals surface area (Å²) >= 11 is 0. The summed E-state index contributed by atoms with van der Waals surface area (Å²) in [7, 11) is 0. The first kappa shape index (κ1) is 14.0. The van der Waals surface area contributed by atoms with E-state index in [0.29, 0.717) is 12.2 Å². The van der Waals surface area contributed by atoms with Crippen LogP contribution in [0.5, 0.6) is 0 Å². The smallest absolute Gasteiger partial charge is 0.287 e. The van der Waals surface area contributed by atoms with E-state index in [9.17, 15) is 14.9 Å². The van der Waals surface area contributed by atoms with Crippen molar-refractivity contribution in [1.82, 2.24) is 0 Å². The van der Waals surface area contributed by atoms with Crippen LogP contribution < -0.4 is 0 Å². The van der Waals surface area contributed by atoms with Gasteiger partial charge >= 0.3 is 0 Å². The van der Waals surface area contributed by atoms with Crippen LogP contribution in [0.4, 0.5) is 0 Å². The minimum atomic E-state index is -0.650. The molecule has 1 aromatic rings. The van der Waals surface area contributed by atoms with Gasteiger partial charge in [-0.2, -0.15) is 0 Å². The Morgan fingerprint density at radius 3 is 2.70 bits per heavy atom. The van der Waals surface area contributed by atoms with Gasteiger partial charge in [-0.15, -0.1) is 0 Å². The Morgan fingerprint density at radius 2 is 2.10 bits per heavy atom. The standard InChI is InChI=1S/C14H15NO5/c1-2-19-14-13(12(16)9-20-14)11(8-15(17)18)10-6-4-3-5-7-10/h3-7,11H,2,8-9H2,1H3/t11-/m1/s1. The number of carbonyl (C=O) groups excluding carboxylic acids is 1. The average molecular weight is 277 g/mol. The molecular weight excluding hydrogens is 262 g/mol. The van der Waals surface area contributed by atoms with Crippen molar-refractivity contribution in [3.8, 4) is 0 Å². The van der Waals surface area contributed by atoms with Gasteiger partial charge in [-0.05, 0) is 12.5 Å². The Labute approximate surface area is 116 Å². The van der Waals surface area contributed by atoms with E-state index in [0.717, 1.165) is 0 Å². The first-order valence-electron chi connectivity index (χ1n) is 6.33. The van der Waals surface area contributed by atoms with Gasteiger partial charge in [-0.3, -0.25) is 14.9 Å². The molecule has 6 nitrogen and oxygen atoms in total. The summed E-state index contributed by atoms with van der Waals surface area (Å²) in [5.41, 5.74) is 0.963. The molecule has 1 aromatic carbocycles. The van der Waals surface area contributed by atoms with E-state index < -0.39 is 10.8 Å². The lowest BCUT2D eigenvalue weighted by molar-refractivity contribution is -0.481. The number of nitro groups is 1. The summed E-state index contributed by atoms with van der Waals surface area (Å²) in [6.45, 7) is 1.62. The molecule has 2 rings (SSSR count). The molecule has 0 saturated heterocycles. The highest BCUT2D eigenvalue weighted by Gasteiger charge is 2.36. The number of nitrogens with zero attached hydrogens (tertiary/aromatic N) is 1. The molecule has 0 bridgehead atoms. The van der Waals surface area contributed by atoms with Crippen molar-refractivity contribution in [3.05, 3.63) is 57.5 Å². The van der Waals surface area contributed by atoms with E-state index in [-0.39, 0.29) is 30.5 Å². The van der Waals surface area contributed by atoms with E-state index >= 15 is 0 Å². The van der Waals surface area contributed by atoms with E-state index in [1.807, 2.05) is 6.07 Å². The zero-order chi connectivity index (χ0) is 14.5. The number of benzene rings is 1. The fourth-order valence-corrected chi connectivity index (χ4v) is 2.19. The first-order valence-corrected chi connectivity index (χ1v) is 6.33. The topological polar surface area (TPSA) is 78.7 Å². The van der Waals surface area contributed by atoms with Crippen LogP contribution in [0.25, 0.3) is 0 Å². The molecule has 1 heterocycles. The maximum atomic E-state index is 12.0. The summed E-state index contributed by atoms with van der Waals surface area (Å²) in [4.78, 5) is 22.4. The summed E-state index contributed by atoms with van der Waals surface area (Å²) in [5, 5.41) is 10.9. The molecule has 1 atom stereocenters. The van der Waals surface area contributed by atoms with Crippen molar-refractivity contribution in [2.24, 2.45) is 0 Å². The Hall–Kier alpha value is -2.37. The third kappa shape index (κ3) is 2.96. The average Bonchev–Trinajstić information content (AvgIpc) is 2.79. The molecule has 0 N–H and O–H groups in total. The Bertz CT molecular complexity index is 538. The van der Waals surface area contributed by atoms with Crippen LogP contribution >= 0.6 is 0 Å². The highest BCUT2D eigenvalue weighted by atomic mass is 16.7. The lowest BCUT2D eigenvalue weighted by atomic mass is 9.90. The van der Waals surface area contributed by atoms with E-state index in [2.05, 4.69) is 0 Å². The number of rotatable bonds is 6. The second-order valence-electron chi connectivity index (χ2n) is 4.32. The maximum absolute atomic E-state index is 12.0. The third-order valence-corrected chi connectivity index (χ3v) is 3.01. The molecule has 20 heavy (non-hydrogen) atoms. The molecule has 1 aliphatic heterocycles. The van der Waals surface area contributed by atoms with Crippen molar-refractivity contribution < 1.29 is 19.2 Å². The molecule has 0 spiro atoms. The van der Waals surface area contributed by atoms with Crippen molar-refractivity contribution in [1.29, 1.82) is 0 Å². The van der Waals surface area contributed by atoms with Crippen molar-refractivity contribution >= 4 is 5.78 Å². The van der Waals surface area contributed by atoms with Crippen LogP contribution in [0.3, 0.4) is 0 Å². The number of Topliss-reactive ketones (excluding diaryl/α,β-unsaturated/α-hetero) is 1. The second kappa shape index (κ2) is 6.18. The number of hydrogen-bond acceptors (Lipinski definition) is 5. The summed E-state index contributed by atoms with van der Waals surface area (Å²) < 4.78 is 10.5. The zero-order valence-electron chi connectivity index (χ0n) is 11.1. The lowest BCUT2D eigenvalue weighted by Crippen LogP contribution is -2.19. The second-order valence-corrected chi connectivity index (χ2v) is 4.32. The Balaban J connectivity index is 2.42. The SMILES string of the molecule is CCOC1=C([C@H](C[N+](=O)[O-])c2ccccc2)C(=O)CO1. The summed E-state index contributed by atoms with van der Waals surface area (Å²) in [6, 6.07) is 8.90. The monoisotopic (exact) mass is 277 g/mol. The highest BCUT2D eigenvalue weighted by Crippen LogP contribution is 2.32. The largest absolute Gasteiger partial charge is 0.465 e. The molecule has 0 amide bonds. The van der Waals surface area contributed by atoms with Gasteiger partial charge in [0, 0.05) is 4.92 Å². The van der Waals surface area contributed by atoms with Gasteiger partial charge in [-0.1, -0.05) is 30.3 Å². The maximum Gasteiger partial charge on any atom is 0.287 e. The van der Waals surface area contributed by atoms with Crippen molar-refractivity contribution in [2.75, 3.05) is 19.8 Å². The van der Waals surface area contributed by atoms with Gasteiger partial charge in [-0.25, -0.2) is 0 Å². The van der Waals surface area contributed by atoms with E-state index in [1.165, 1.54) is 0 Å². The summed E-state index contributed by atoms with van der Waals surface area (Å²) in [6.07, 6.45) is 0. The predicted molar refractivity (Wildman–Crippen MR) is 70.7 cm³/mol. The molecule has 106 valence electrons. The fourth-order valence-electron chi connectivity index (χ4n) is 2.19. The molecule has 0 radical (unpaired) electrons. The van der Waals surface area contributed by atoms with E-state index in [1.54, 1.807) is 31.2 Å². The zero-order valence-corrected chi connectivity index (χ0v) is 11.1. The molecule has 0 fully saturated rings. The van der Waals surface area contributed by atoms with Crippen LogP contribution in [0.15, 0.2) is 41.9 Å². The van der Waals surface area contributed by atoms with Crippen LogP contribution in [0.1, 0.15) is 18.4 Å². The highest BCUT2D eigenvalue weighted by molar-refractivity contribution is 5.99. The molecule has 0 saturated carbocycles. The predicted octanol–water partition coefficient (Wildman–Crippen LogP) is 1.89. The van der Waals surface area contributed by atoms with Gasteiger partial charge in [0.05, 0.1) is 18.1 Å². The Morgan fingerprint density at radius 1 is 1.40 bits per heavy atom. The van der Waals surface area contributed by atoms with Crippen molar-refractivity contribution in [3.63, 3.8) is 0 Å². The molecule has 0 aromatic heterocycles. The lowest BCUT2D eigenvalue weighted by Gasteiger charge is -2.14. The normalized spacial score (nSPS) is 15.9. The Kier molecular flexibility index (Phi) is 4.34. The molecule has 0 aliphatic carbocycles. The number of ketones is 1. The molecule has 1 aliphatic rings. The van der Waals surface area contributed by atoms with Crippen molar-refractivity contribution in [2.45, 2.75) is 12.8 Å². The van der Waals surface area contributed by atoms with Gasteiger partial charge < -0.3 is 9.47 Å². The number of ether oxygens (including phenoxy) is 2. The van der Waals surface area contributed by atoms with E-state index in [4.69, 9.17) is 9.47 Å². The van der Waals surface area contributed by atoms with Crippen LogP contribution in [0.2, 0.25) is 0 Å². The minimum absolute atomic E-state index is 0.119. The summed E-state index contributed by atoms with van der Waals surface area (Å²) in [5.74, 6) is -0.792. The molecule has 6 heteroatoms. The third-order valence-electron chi connectivity index (χ3n) is 3.01. The first-order chi connectivity index (χ1) is 9.63. The van der Waals surface area contributed by atoms with Gasteiger partial charge in [0.1, 0.15) is 0 Å². The van der Waals surface area contributed by atoms with Crippen LogP contribution in [-0.2, 0) is 14.3 Å². The van der Waals surface area contributed by atoms with Crippen LogP contribution in [-0.4, -0.2) is 30.5 Å². The van der Waals surface area contributed by atoms with Gasteiger partial charge in [0.15, 0.2) is 6.61 Å². The quantitative estimate of drug-likeness (QED) is 0.586. The molecular formula is C14H15NO5. The van der Waals surface area contributed by atoms with Gasteiger partial charge in [0.2, 0.25) is 12.3 Å². The van der Waals surface area contributed by atoms with Gasteiger partial charge in [0.25, 0.3) is 5.95 Å².